The van der Waals surface area contributed by atoms with Crippen molar-refractivity contribution in [3.8, 4) is 0 Å². The molecular formula is C6H10N4O2S. The maximum atomic E-state index is 11.2. The Hall–Kier alpha value is -1.21. The first-order valence-corrected chi connectivity index (χ1v) is 5.05. The molecule has 0 bridgehead atoms. The van der Waals surface area contributed by atoms with Crippen LogP contribution in [0.25, 0.3) is 0 Å². The van der Waals surface area contributed by atoms with Crippen molar-refractivity contribution in [3.05, 3.63) is 24.3 Å². The molecule has 0 aromatic heterocycles. The number of primary sulfonamides is 1. The molecule has 0 saturated carbocycles. The average molecular weight is 202 g/mol. The zero-order valence-electron chi connectivity index (χ0n) is 6.79. The zero-order chi connectivity index (χ0) is 9.95. The van der Waals surface area contributed by atoms with Gasteiger partial charge in [0.2, 0.25) is 14.9 Å². The van der Waals surface area contributed by atoms with Gasteiger partial charge in [0.1, 0.15) is 0 Å². The molecule has 1 rings (SSSR count). The Bertz CT molecular complexity index is 370. The summed E-state index contributed by atoms with van der Waals surface area (Å²) in [5, 5.41) is 11.4. The van der Waals surface area contributed by atoms with E-state index in [0.717, 1.165) is 0 Å². The predicted molar refractivity (Wildman–Crippen MR) is 47.8 cm³/mol. The minimum atomic E-state index is -3.83. The summed E-state index contributed by atoms with van der Waals surface area (Å²) in [5.74, 6) is 4.82. The molecule has 13 heavy (non-hydrogen) atoms. The molecule has 4 N–H and O–H groups in total. The van der Waals surface area contributed by atoms with Crippen LogP contribution in [0, 0.1) is 0 Å². The van der Waals surface area contributed by atoms with E-state index in [1.165, 1.54) is 6.08 Å². The van der Waals surface area contributed by atoms with Crippen molar-refractivity contribution in [1.82, 2.24) is 0 Å². The molecule has 0 aliphatic heterocycles. The predicted octanol–water partition coefficient (Wildman–Crippen LogP) is -0.187. The third-order valence-electron chi connectivity index (χ3n) is 1.73. The number of sulfonamides is 1. The Morgan fingerprint density at radius 3 is 2.46 bits per heavy atom. The summed E-state index contributed by atoms with van der Waals surface area (Å²) in [6.07, 6.45) is 6.40. The van der Waals surface area contributed by atoms with Crippen molar-refractivity contribution >= 4 is 10.0 Å². The van der Waals surface area contributed by atoms with E-state index in [4.69, 9.17) is 11.0 Å². The van der Waals surface area contributed by atoms with Crippen molar-refractivity contribution in [2.75, 3.05) is 0 Å². The summed E-state index contributed by atoms with van der Waals surface area (Å²) < 4.78 is 22.4. The van der Waals surface area contributed by atoms with Crippen LogP contribution in [0.15, 0.2) is 34.6 Å². The van der Waals surface area contributed by atoms with Crippen LogP contribution >= 0.6 is 0 Å². The van der Waals surface area contributed by atoms with Gasteiger partial charge in [0.05, 0.1) is 0 Å². The van der Waals surface area contributed by atoms with Gasteiger partial charge in [-0.2, -0.15) is 0 Å². The van der Waals surface area contributed by atoms with Gasteiger partial charge in [-0.3, -0.25) is 0 Å². The molecule has 6 nitrogen and oxygen atoms in total. The van der Waals surface area contributed by atoms with Gasteiger partial charge in [0, 0.05) is 6.42 Å². The highest BCUT2D eigenvalue weighted by molar-refractivity contribution is 7.90. The van der Waals surface area contributed by atoms with E-state index in [2.05, 4.69) is 10.3 Å². The van der Waals surface area contributed by atoms with Crippen LogP contribution in [0.2, 0.25) is 0 Å². The van der Waals surface area contributed by atoms with Gasteiger partial charge in [-0.25, -0.2) is 13.6 Å². The number of allylic oxidation sites excluding steroid dienone is 2. The number of nitrogens with two attached hydrogens (primary N) is 2. The largest absolute Gasteiger partial charge is 0.305 e. The Kier molecular flexibility index (Phi) is 2.48. The molecule has 7 heteroatoms. The molecule has 1 aliphatic rings. The van der Waals surface area contributed by atoms with E-state index in [1.807, 2.05) is 0 Å². The van der Waals surface area contributed by atoms with Gasteiger partial charge < -0.3 is 5.84 Å². The van der Waals surface area contributed by atoms with E-state index in [1.54, 1.807) is 18.2 Å². The van der Waals surface area contributed by atoms with Crippen LogP contribution in [-0.2, 0) is 10.0 Å². The van der Waals surface area contributed by atoms with Gasteiger partial charge in [-0.1, -0.05) is 23.5 Å². The number of rotatable bonds is 2. The lowest BCUT2D eigenvalue weighted by Crippen LogP contribution is -2.40. The standard InChI is InChI=1S/C6H10N4O2S/c7-10-9-6(13(8,11)12)4-2-1-3-5-6/h1-4H,5H2,(H2,7,9)(H2,8,11,12). The molecule has 1 atom stereocenters. The zero-order valence-corrected chi connectivity index (χ0v) is 7.61. The van der Waals surface area contributed by atoms with Crippen molar-refractivity contribution < 1.29 is 8.42 Å². The van der Waals surface area contributed by atoms with Crippen LogP contribution in [0.1, 0.15) is 6.42 Å². The summed E-state index contributed by atoms with van der Waals surface area (Å²) >= 11 is 0. The van der Waals surface area contributed by atoms with E-state index >= 15 is 0 Å². The molecule has 1 aliphatic carbocycles. The summed E-state index contributed by atoms with van der Waals surface area (Å²) in [7, 11) is -3.83. The molecule has 0 spiro atoms. The monoisotopic (exact) mass is 202 g/mol. The lowest BCUT2D eigenvalue weighted by Gasteiger charge is -2.21. The van der Waals surface area contributed by atoms with Crippen LogP contribution < -0.4 is 11.0 Å². The van der Waals surface area contributed by atoms with E-state index in [9.17, 15) is 8.42 Å². The molecule has 0 fully saturated rings. The maximum Gasteiger partial charge on any atom is 0.241 e. The van der Waals surface area contributed by atoms with Gasteiger partial charge in [-0.05, 0) is 6.08 Å². The maximum absolute atomic E-state index is 11.2. The first kappa shape index (κ1) is 9.87. The molecule has 0 heterocycles. The first-order valence-electron chi connectivity index (χ1n) is 3.51. The van der Waals surface area contributed by atoms with Crippen LogP contribution in [-0.4, -0.2) is 13.3 Å². The Morgan fingerprint density at radius 1 is 1.38 bits per heavy atom. The van der Waals surface area contributed by atoms with Gasteiger partial charge in [-0.15, -0.1) is 5.11 Å². The lowest BCUT2D eigenvalue weighted by molar-refractivity contribution is 0.547. The second kappa shape index (κ2) is 3.27. The second-order valence-corrected chi connectivity index (χ2v) is 4.39. The minimum absolute atomic E-state index is 0.156. The second-order valence-electron chi connectivity index (χ2n) is 2.60. The van der Waals surface area contributed by atoms with Crippen molar-refractivity contribution in [2.45, 2.75) is 11.3 Å². The summed E-state index contributed by atoms with van der Waals surface area (Å²) in [6, 6.07) is 0. The van der Waals surface area contributed by atoms with Crippen LogP contribution in [0.4, 0.5) is 0 Å². The molecule has 0 aromatic rings. The quantitative estimate of drug-likeness (QED) is 0.368. The summed E-state index contributed by atoms with van der Waals surface area (Å²) in [5.41, 5.74) is 0. The van der Waals surface area contributed by atoms with Crippen molar-refractivity contribution in [1.29, 1.82) is 0 Å². The van der Waals surface area contributed by atoms with Gasteiger partial charge >= 0.3 is 0 Å². The van der Waals surface area contributed by atoms with Crippen molar-refractivity contribution in [2.24, 2.45) is 21.3 Å². The Morgan fingerprint density at radius 2 is 2.08 bits per heavy atom. The van der Waals surface area contributed by atoms with Gasteiger partial charge in [0.25, 0.3) is 0 Å². The van der Waals surface area contributed by atoms with Crippen molar-refractivity contribution in [3.63, 3.8) is 0 Å². The SMILES string of the molecule is NN=NC1(S(N)(=O)=O)C=CC=CC1. The number of hydrogen-bond acceptors (Lipinski definition) is 4. The molecule has 0 amide bonds. The smallest absolute Gasteiger partial charge is 0.241 e. The number of nitrogens with zero attached hydrogens (tertiary/aromatic N) is 2. The van der Waals surface area contributed by atoms with Crippen LogP contribution in [0.5, 0.6) is 0 Å². The van der Waals surface area contributed by atoms with E-state index < -0.39 is 14.9 Å². The fraction of sp³-hybridized carbons (Fsp3) is 0.333. The first-order chi connectivity index (χ1) is 6.02. The Balaban J connectivity index is 3.18. The molecule has 72 valence electrons. The summed E-state index contributed by atoms with van der Waals surface area (Å²) in [4.78, 5) is -1.52. The highest BCUT2D eigenvalue weighted by Crippen LogP contribution is 2.26. The van der Waals surface area contributed by atoms with Gasteiger partial charge in [0.15, 0.2) is 0 Å². The summed E-state index contributed by atoms with van der Waals surface area (Å²) in [6.45, 7) is 0. The molecule has 0 aromatic carbocycles. The highest BCUT2D eigenvalue weighted by atomic mass is 32.2. The highest BCUT2D eigenvalue weighted by Gasteiger charge is 2.39. The third kappa shape index (κ3) is 1.76. The lowest BCUT2D eigenvalue weighted by atomic mass is 10.1. The third-order valence-corrected chi connectivity index (χ3v) is 3.10. The number of hydrogen-bond donors (Lipinski definition) is 2. The molecule has 0 radical (unpaired) electrons. The fourth-order valence-corrected chi connectivity index (χ4v) is 1.79. The van der Waals surface area contributed by atoms with Crippen LogP contribution in [0.3, 0.4) is 0 Å². The normalized spacial score (nSPS) is 28.4. The average Bonchev–Trinajstić information content (AvgIpc) is 2.04. The molecule has 0 saturated heterocycles. The van der Waals surface area contributed by atoms with E-state index in [0.29, 0.717) is 0 Å². The minimum Gasteiger partial charge on any atom is -0.305 e. The Labute approximate surface area is 76.0 Å². The molecular weight excluding hydrogens is 192 g/mol. The molecule has 1 unspecified atom stereocenters. The fourth-order valence-electron chi connectivity index (χ4n) is 1.03. The van der Waals surface area contributed by atoms with E-state index in [-0.39, 0.29) is 6.42 Å². The topological polar surface area (TPSA) is 111 Å².